The van der Waals surface area contributed by atoms with Gasteiger partial charge in [0.2, 0.25) is 0 Å². The van der Waals surface area contributed by atoms with Gasteiger partial charge in [-0.25, -0.2) is 0 Å². The summed E-state index contributed by atoms with van der Waals surface area (Å²) >= 11 is 7.98. The van der Waals surface area contributed by atoms with Gasteiger partial charge in [0.1, 0.15) is 5.75 Å². The predicted octanol–water partition coefficient (Wildman–Crippen LogP) is 7.14. The van der Waals surface area contributed by atoms with Gasteiger partial charge in [-0.2, -0.15) is 0 Å². The zero-order chi connectivity index (χ0) is 21.7. The lowest BCUT2D eigenvalue weighted by molar-refractivity contribution is 0.205. The molecular weight excluding hydrogens is 414 g/mol. The fourth-order valence-electron chi connectivity index (χ4n) is 3.31. The van der Waals surface area contributed by atoms with E-state index in [1.807, 2.05) is 43.3 Å². The summed E-state index contributed by atoms with van der Waals surface area (Å²) in [5.74, 6) is 3.37. The van der Waals surface area contributed by atoms with Gasteiger partial charge in [0.05, 0.1) is 0 Å². The van der Waals surface area contributed by atoms with Crippen LogP contribution in [0.4, 0.5) is 0 Å². The first kappa shape index (κ1) is 22.7. The van der Waals surface area contributed by atoms with Crippen LogP contribution in [0.5, 0.6) is 5.75 Å². The fraction of sp³-hybridized carbons (Fsp3) is 0.417. The summed E-state index contributed by atoms with van der Waals surface area (Å²) in [6.07, 6.45) is -0.203. The second-order valence-electron chi connectivity index (χ2n) is 8.18. The van der Waals surface area contributed by atoms with Crippen LogP contribution in [0.25, 0.3) is 0 Å². The average Bonchev–Trinajstić information content (AvgIpc) is 3.09. The Labute approximate surface area is 189 Å². The van der Waals surface area contributed by atoms with Gasteiger partial charge >= 0.3 is 0 Å². The van der Waals surface area contributed by atoms with Crippen molar-refractivity contribution in [2.24, 2.45) is 5.92 Å². The Kier molecular flexibility index (Phi) is 7.84. The van der Waals surface area contributed by atoms with E-state index in [4.69, 9.17) is 16.3 Å². The van der Waals surface area contributed by atoms with E-state index in [9.17, 15) is 0 Å². The van der Waals surface area contributed by atoms with Crippen molar-refractivity contribution in [3.05, 3.63) is 70.5 Å². The Morgan fingerprint density at radius 1 is 0.967 bits per heavy atom. The highest BCUT2D eigenvalue weighted by Crippen LogP contribution is 2.32. The summed E-state index contributed by atoms with van der Waals surface area (Å²) in [5.41, 5.74) is 2.30. The Hall–Kier alpha value is -1.98. The minimum absolute atomic E-state index is 0.203. The molecule has 0 fully saturated rings. The molecule has 30 heavy (non-hydrogen) atoms. The molecule has 2 aromatic carbocycles. The molecule has 0 spiro atoms. The zero-order valence-electron chi connectivity index (χ0n) is 18.3. The zero-order valence-corrected chi connectivity index (χ0v) is 19.9. The van der Waals surface area contributed by atoms with Crippen molar-refractivity contribution in [2.45, 2.75) is 64.1 Å². The average molecular weight is 444 g/mol. The Morgan fingerprint density at radius 2 is 1.67 bits per heavy atom. The van der Waals surface area contributed by atoms with Gasteiger partial charge in [0, 0.05) is 17.3 Å². The molecule has 3 aromatic rings. The summed E-state index contributed by atoms with van der Waals surface area (Å²) < 4.78 is 8.55. The van der Waals surface area contributed by atoms with E-state index in [1.165, 1.54) is 5.56 Å². The quantitative estimate of drug-likeness (QED) is 0.329. The highest BCUT2D eigenvalue weighted by Gasteiger charge is 2.21. The number of hydrogen-bond acceptors (Lipinski definition) is 4. The Balaban J connectivity index is 1.83. The number of hydrogen-bond donors (Lipinski definition) is 0. The monoisotopic (exact) mass is 443 g/mol. The van der Waals surface area contributed by atoms with Crippen LogP contribution in [0.2, 0.25) is 5.02 Å². The maximum atomic E-state index is 6.36. The van der Waals surface area contributed by atoms with Gasteiger partial charge in [0.15, 0.2) is 17.1 Å². The smallest absolute Gasteiger partial charge is 0.191 e. The predicted molar refractivity (Wildman–Crippen MR) is 125 cm³/mol. The van der Waals surface area contributed by atoms with Crippen LogP contribution >= 0.6 is 23.4 Å². The molecule has 0 saturated carbocycles. The van der Waals surface area contributed by atoms with Gasteiger partial charge in [-0.05, 0) is 42.0 Å². The van der Waals surface area contributed by atoms with Crippen molar-refractivity contribution in [3.8, 4) is 5.75 Å². The molecule has 1 aromatic heterocycles. The highest BCUT2D eigenvalue weighted by atomic mass is 35.5. The van der Waals surface area contributed by atoms with E-state index in [1.54, 1.807) is 11.8 Å². The number of ether oxygens (including phenoxy) is 1. The maximum Gasteiger partial charge on any atom is 0.191 e. The molecule has 3 rings (SSSR count). The first-order valence-electron chi connectivity index (χ1n) is 10.4. The van der Waals surface area contributed by atoms with Crippen LogP contribution in [0.3, 0.4) is 0 Å². The molecule has 4 nitrogen and oxygen atoms in total. The van der Waals surface area contributed by atoms with E-state index < -0.39 is 0 Å². The van der Waals surface area contributed by atoms with Crippen LogP contribution in [-0.2, 0) is 12.3 Å². The molecule has 6 heteroatoms. The van der Waals surface area contributed by atoms with E-state index in [2.05, 4.69) is 54.6 Å². The van der Waals surface area contributed by atoms with Crippen LogP contribution in [0, 0.1) is 5.92 Å². The standard InChI is InChI=1S/C24H30ClN3OS/c1-16(2)14-28-23(18(5)29-22-13-9-7-11-20(22)17(3)4)26-27-24(28)30-15-19-10-6-8-12-21(19)25/h6-13,16-18H,14-15H2,1-5H3. The molecule has 0 aliphatic carbocycles. The molecule has 1 heterocycles. The molecule has 1 unspecified atom stereocenters. The molecule has 0 aliphatic rings. The maximum absolute atomic E-state index is 6.36. The number of aromatic nitrogens is 3. The second kappa shape index (κ2) is 10.4. The number of para-hydroxylation sites is 1. The SMILES string of the molecule is CC(C)Cn1c(SCc2ccccc2Cl)nnc1C(C)Oc1ccccc1C(C)C. The van der Waals surface area contributed by atoms with Gasteiger partial charge in [-0.1, -0.05) is 87.5 Å². The van der Waals surface area contributed by atoms with E-state index in [0.717, 1.165) is 39.6 Å². The lowest BCUT2D eigenvalue weighted by atomic mass is 10.0. The summed E-state index contributed by atoms with van der Waals surface area (Å²) in [6.45, 7) is 11.6. The van der Waals surface area contributed by atoms with Crippen LogP contribution in [-0.4, -0.2) is 14.8 Å². The van der Waals surface area contributed by atoms with Crippen molar-refractivity contribution in [1.29, 1.82) is 0 Å². The van der Waals surface area contributed by atoms with Crippen molar-refractivity contribution in [3.63, 3.8) is 0 Å². The third kappa shape index (κ3) is 5.58. The fourth-order valence-corrected chi connectivity index (χ4v) is 4.55. The molecular formula is C24H30ClN3OS. The molecule has 0 saturated heterocycles. The van der Waals surface area contributed by atoms with Gasteiger partial charge in [-0.15, -0.1) is 10.2 Å². The first-order chi connectivity index (χ1) is 14.4. The molecule has 1 atom stereocenters. The normalized spacial score (nSPS) is 12.5. The number of halogens is 1. The minimum Gasteiger partial charge on any atom is -0.482 e. The van der Waals surface area contributed by atoms with E-state index in [-0.39, 0.29) is 6.10 Å². The van der Waals surface area contributed by atoms with Crippen molar-refractivity contribution in [1.82, 2.24) is 14.8 Å². The lowest BCUT2D eigenvalue weighted by Crippen LogP contribution is -2.15. The minimum atomic E-state index is -0.203. The summed E-state index contributed by atoms with van der Waals surface area (Å²) in [7, 11) is 0. The molecule has 0 radical (unpaired) electrons. The highest BCUT2D eigenvalue weighted by molar-refractivity contribution is 7.98. The molecule has 0 N–H and O–H groups in total. The van der Waals surface area contributed by atoms with Gasteiger partial charge in [0.25, 0.3) is 0 Å². The van der Waals surface area contributed by atoms with Crippen molar-refractivity contribution in [2.75, 3.05) is 0 Å². The summed E-state index contributed by atoms with van der Waals surface area (Å²) in [5, 5.41) is 10.7. The number of nitrogens with zero attached hydrogens (tertiary/aromatic N) is 3. The largest absolute Gasteiger partial charge is 0.482 e. The third-order valence-corrected chi connectivity index (χ3v) is 6.20. The van der Waals surface area contributed by atoms with Crippen molar-refractivity contribution >= 4 is 23.4 Å². The Morgan fingerprint density at radius 3 is 2.37 bits per heavy atom. The second-order valence-corrected chi connectivity index (χ2v) is 9.53. The van der Waals surface area contributed by atoms with Crippen LogP contribution in [0.15, 0.2) is 53.7 Å². The van der Waals surface area contributed by atoms with E-state index in [0.29, 0.717) is 11.8 Å². The third-order valence-electron chi connectivity index (χ3n) is 4.82. The first-order valence-corrected chi connectivity index (χ1v) is 11.8. The summed E-state index contributed by atoms with van der Waals surface area (Å²) in [4.78, 5) is 0. The van der Waals surface area contributed by atoms with Crippen LogP contribution < -0.4 is 4.74 Å². The van der Waals surface area contributed by atoms with Crippen LogP contribution in [0.1, 0.15) is 63.6 Å². The molecule has 0 bridgehead atoms. The topological polar surface area (TPSA) is 39.9 Å². The van der Waals surface area contributed by atoms with Crippen molar-refractivity contribution < 1.29 is 4.74 Å². The molecule has 0 amide bonds. The lowest BCUT2D eigenvalue weighted by Gasteiger charge is -2.20. The Bertz CT molecular complexity index is 971. The van der Waals surface area contributed by atoms with Gasteiger partial charge < -0.3 is 9.30 Å². The number of benzene rings is 2. The molecule has 0 aliphatic heterocycles. The van der Waals surface area contributed by atoms with Gasteiger partial charge in [-0.3, -0.25) is 0 Å². The number of rotatable bonds is 9. The summed E-state index contributed by atoms with van der Waals surface area (Å²) in [6, 6.07) is 16.1. The number of thioether (sulfide) groups is 1. The molecule has 160 valence electrons. The van der Waals surface area contributed by atoms with E-state index >= 15 is 0 Å².